The van der Waals surface area contributed by atoms with Gasteiger partial charge in [-0.15, -0.1) is 11.3 Å². The highest BCUT2D eigenvalue weighted by Gasteiger charge is 2.43. The van der Waals surface area contributed by atoms with Gasteiger partial charge in [-0.05, 0) is 47.8 Å². The number of hydrogen-bond donors (Lipinski definition) is 1. The fourth-order valence-electron chi connectivity index (χ4n) is 4.12. The summed E-state index contributed by atoms with van der Waals surface area (Å²) in [4.78, 5) is 28.7. The van der Waals surface area contributed by atoms with E-state index in [1.54, 1.807) is 18.4 Å². The third-order valence-electron chi connectivity index (χ3n) is 5.52. The summed E-state index contributed by atoms with van der Waals surface area (Å²) in [5.41, 5.74) is 1.79. The van der Waals surface area contributed by atoms with E-state index in [1.165, 1.54) is 10.4 Å². The highest BCUT2D eigenvalue weighted by atomic mass is 32.1. The van der Waals surface area contributed by atoms with Gasteiger partial charge in [-0.1, -0.05) is 44.2 Å². The fraction of sp³-hybridized carbons (Fsp3) is 0.478. The van der Waals surface area contributed by atoms with Crippen molar-refractivity contribution in [2.75, 3.05) is 20.1 Å². The number of nitrogens with zero attached hydrogens (tertiary/aromatic N) is 1. The third-order valence-corrected chi connectivity index (χ3v) is 6.44. The Morgan fingerprint density at radius 1 is 1.21 bits per heavy atom. The van der Waals surface area contributed by atoms with Gasteiger partial charge < -0.3 is 10.2 Å². The van der Waals surface area contributed by atoms with Crippen LogP contribution in [-0.4, -0.2) is 36.9 Å². The summed E-state index contributed by atoms with van der Waals surface area (Å²) in [7, 11) is 1.69. The molecule has 0 saturated carbocycles. The van der Waals surface area contributed by atoms with Crippen molar-refractivity contribution in [2.24, 2.45) is 11.3 Å². The average Bonchev–Trinajstić information content (AvgIpc) is 3.22. The molecule has 3 rings (SSSR count). The molecule has 150 valence electrons. The molecule has 0 aliphatic carbocycles. The molecular weight excluding hydrogens is 368 g/mol. The lowest BCUT2D eigenvalue weighted by molar-refractivity contribution is -0.141. The molecule has 4 nitrogen and oxygen atoms in total. The average molecular weight is 399 g/mol. The Hall–Kier alpha value is -2.14. The van der Waals surface area contributed by atoms with Crippen LogP contribution in [0.1, 0.15) is 38.7 Å². The summed E-state index contributed by atoms with van der Waals surface area (Å²) >= 11 is 1.73. The lowest BCUT2D eigenvalue weighted by atomic mass is 9.74. The Balaban J connectivity index is 1.79. The number of carbonyl (C=O) groups is 2. The molecule has 1 aliphatic heterocycles. The zero-order chi connectivity index (χ0) is 20.1. The van der Waals surface area contributed by atoms with Crippen LogP contribution in [0.4, 0.5) is 0 Å². The lowest BCUT2D eigenvalue weighted by Crippen LogP contribution is -2.54. The second-order valence-corrected chi connectivity index (χ2v) is 9.17. The highest BCUT2D eigenvalue weighted by Crippen LogP contribution is 2.35. The highest BCUT2D eigenvalue weighted by molar-refractivity contribution is 7.13. The molecule has 1 aromatic heterocycles. The first-order valence-electron chi connectivity index (χ1n) is 10.1. The number of amides is 2. The van der Waals surface area contributed by atoms with Crippen LogP contribution in [0.2, 0.25) is 0 Å². The Bertz CT molecular complexity index is 799. The molecule has 2 heterocycles. The van der Waals surface area contributed by atoms with E-state index in [9.17, 15) is 9.59 Å². The van der Waals surface area contributed by atoms with Gasteiger partial charge in [0.15, 0.2) is 0 Å². The minimum Gasteiger partial charge on any atom is -0.359 e. The van der Waals surface area contributed by atoms with E-state index >= 15 is 0 Å². The summed E-state index contributed by atoms with van der Waals surface area (Å²) in [6, 6.07) is 12.7. The van der Waals surface area contributed by atoms with E-state index in [2.05, 4.69) is 60.9 Å². The van der Waals surface area contributed by atoms with Crippen molar-refractivity contribution < 1.29 is 9.59 Å². The number of piperidine rings is 1. The van der Waals surface area contributed by atoms with Crippen LogP contribution in [0.25, 0.3) is 10.4 Å². The van der Waals surface area contributed by atoms with Crippen LogP contribution in [0, 0.1) is 11.3 Å². The third kappa shape index (κ3) is 4.64. The van der Waals surface area contributed by atoms with Crippen LogP contribution in [0.15, 0.2) is 41.8 Å². The molecule has 1 saturated heterocycles. The molecule has 1 aromatic carbocycles. The van der Waals surface area contributed by atoms with Gasteiger partial charge in [0, 0.05) is 31.4 Å². The topological polar surface area (TPSA) is 49.4 Å². The van der Waals surface area contributed by atoms with Crippen molar-refractivity contribution in [3.05, 3.63) is 47.3 Å². The van der Waals surface area contributed by atoms with Crippen LogP contribution in [0.5, 0.6) is 0 Å². The fourth-order valence-corrected chi connectivity index (χ4v) is 4.85. The second-order valence-electron chi connectivity index (χ2n) is 8.23. The van der Waals surface area contributed by atoms with E-state index in [4.69, 9.17) is 0 Å². The van der Waals surface area contributed by atoms with Crippen molar-refractivity contribution in [1.29, 1.82) is 0 Å². The SMILES string of the molecule is CNC(=O)[C@@]1(Cc2ccc(-c3cccs3)cc2)CCCN(C(=O)CC(C)C)C1. The summed E-state index contributed by atoms with van der Waals surface area (Å²) < 4.78 is 0. The molecule has 0 unspecified atom stereocenters. The first-order chi connectivity index (χ1) is 13.4. The van der Waals surface area contributed by atoms with Crippen LogP contribution < -0.4 is 5.32 Å². The molecule has 1 aliphatic rings. The van der Waals surface area contributed by atoms with Crippen molar-refractivity contribution in [3.63, 3.8) is 0 Å². The van der Waals surface area contributed by atoms with Gasteiger partial charge in [-0.2, -0.15) is 0 Å². The Morgan fingerprint density at radius 3 is 2.57 bits per heavy atom. The molecule has 0 spiro atoms. The molecule has 2 amide bonds. The number of rotatable bonds is 6. The van der Waals surface area contributed by atoms with E-state index in [0.717, 1.165) is 24.9 Å². The van der Waals surface area contributed by atoms with Gasteiger partial charge in [0.1, 0.15) is 0 Å². The van der Waals surface area contributed by atoms with Gasteiger partial charge >= 0.3 is 0 Å². The van der Waals surface area contributed by atoms with Crippen molar-refractivity contribution in [1.82, 2.24) is 10.2 Å². The molecule has 1 atom stereocenters. The van der Waals surface area contributed by atoms with Crippen LogP contribution in [-0.2, 0) is 16.0 Å². The summed E-state index contributed by atoms with van der Waals surface area (Å²) in [5.74, 6) is 0.529. The number of benzene rings is 1. The summed E-state index contributed by atoms with van der Waals surface area (Å²) in [6.45, 7) is 5.37. The normalized spacial score (nSPS) is 19.6. The van der Waals surface area contributed by atoms with Gasteiger partial charge in [0.05, 0.1) is 5.41 Å². The van der Waals surface area contributed by atoms with Gasteiger partial charge in [0.2, 0.25) is 11.8 Å². The van der Waals surface area contributed by atoms with E-state index in [1.807, 2.05) is 4.90 Å². The molecule has 0 bridgehead atoms. The zero-order valence-corrected chi connectivity index (χ0v) is 17.8. The van der Waals surface area contributed by atoms with E-state index in [0.29, 0.717) is 25.3 Å². The summed E-state index contributed by atoms with van der Waals surface area (Å²) in [5, 5.41) is 4.93. The predicted molar refractivity (Wildman–Crippen MR) is 115 cm³/mol. The van der Waals surface area contributed by atoms with E-state index in [-0.39, 0.29) is 11.8 Å². The maximum Gasteiger partial charge on any atom is 0.228 e. The summed E-state index contributed by atoms with van der Waals surface area (Å²) in [6.07, 6.45) is 2.87. The Morgan fingerprint density at radius 2 is 1.96 bits per heavy atom. The number of hydrogen-bond acceptors (Lipinski definition) is 3. The molecule has 1 fully saturated rings. The monoisotopic (exact) mass is 398 g/mol. The Labute approximate surface area is 172 Å². The number of thiophene rings is 1. The second kappa shape index (κ2) is 8.91. The first-order valence-corrected chi connectivity index (χ1v) is 10.9. The quantitative estimate of drug-likeness (QED) is 0.786. The molecule has 2 aromatic rings. The van der Waals surface area contributed by atoms with Crippen LogP contribution >= 0.6 is 11.3 Å². The molecule has 0 radical (unpaired) electrons. The van der Waals surface area contributed by atoms with Gasteiger partial charge in [-0.3, -0.25) is 9.59 Å². The van der Waals surface area contributed by atoms with Crippen molar-refractivity contribution in [2.45, 2.75) is 39.5 Å². The number of carbonyl (C=O) groups excluding carboxylic acids is 2. The zero-order valence-electron chi connectivity index (χ0n) is 17.0. The number of likely N-dealkylation sites (tertiary alicyclic amines) is 1. The van der Waals surface area contributed by atoms with Crippen LogP contribution in [0.3, 0.4) is 0 Å². The Kier molecular flexibility index (Phi) is 6.55. The standard InChI is InChI=1S/C23H30N2O2S/c1-17(2)14-21(26)25-12-5-11-23(16-25,22(27)24-3)15-18-7-9-19(10-8-18)20-6-4-13-28-20/h4,6-10,13,17H,5,11-12,14-16H2,1-3H3,(H,24,27)/t23-/m1/s1. The molecular formula is C23H30N2O2S. The van der Waals surface area contributed by atoms with Gasteiger partial charge in [0.25, 0.3) is 0 Å². The molecule has 1 N–H and O–H groups in total. The first kappa shape index (κ1) is 20.6. The maximum atomic E-state index is 12.9. The minimum atomic E-state index is -0.551. The lowest BCUT2D eigenvalue weighted by Gasteiger charge is -2.42. The number of nitrogens with one attached hydrogen (secondary N) is 1. The smallest absolute Gasteiger partial charge is 0.228 e. The predicted octanol–water partition coefficient (Wildman–Crippen LogP) is 4.36. The maximum absolute atomic E-state index is 12.9. The minimum absolute atomic E-state index is 0.0388. The molecule has 28 heavy (non-hydrogen) atoms. The molecule has 5 heteroatoms. The van der Waals surface area contributed by atoms with Crippen molar-refractivity contribution >= 4 is 23.2 Å². The van der Waals surface area contributed by atoms with Gasteiger partial charge in [-0.25, -0.2) is 0 Å². The van der Waals surface area contributed by atoms with Crippen molar-refractivity contribution in [3.8, 4) is 10.4 Å². The van der Waals surface area contributed by atoms with E-state index < -0.39 is 5.41 Å². The largest absolute Gasteiger partial charge is 0.359 e.